The molecule has 0 bridgehead atoms. The summed E-state index contributed by atoms with van der Waals surface area (Å²) in [6.07, 6.45) is 3.84. The van der Waals surface area contributed by atoms with Gasteiger partial charge >= 0.3 is 5.97 Å². The molecular formula is C23H28N2O3. The molecule has 0 fully saturated rings. The van der Waals surface area contributed by atoms with Crippen molar-refractivity contribution >= 4 is 17.0 Å². The highest BCUT2D eigenvalue weighted by Crippen LogP contribution is 2.31. The second-order valence-corrected chi connectivity index (χ2v) is 7.15. The molecule has 1 atom stereocenters. The first-order chi connectivity index (χ1) is 13.5. The highest BCUT2D eigenvalue weighted by atomic mass is 16.5. The molecule has 0 radical (unpaired) electrons. The number of carbonyl (C=O) groups is 1. The van der Waals surface area contributed by atoms with Gasteiger partial charge in [0.1, 0.15) is 11.6 Å². The summed E-state index contributed by atoms with van der Waals surface area (Å²) < 4.78 is 7.38. The molecule has 0 aliphatic rings. The van der Waals surface area contributed by atoms with Gasteiger partial charge in [0.25, 0.3) is 0 Å². The molecule has 3 rings (SSSR count). The lowest BCUT2D eigenvalue weighted by molar-refractivity contribution is 0.0499. The fourth-order valence-electron chi connectivity index (χ4n) is 3.50. The highest BCUT2D eigenvalue weighted by molar-refractivity contribution is 5.89. The van der Waals surface area contributed by atoms with E-state index in [0.717, 1.165) is 48.1 Å². The molecular weight excluding hydrogens is 352 g/mol. The average Bonchev–Trinajstić information content (AvgIpc) is 3.02. The summed E-state index contributed by atoms with van der Waals surface area (Å²) in [7, 11) is 2.00. The molecule has 5 nitrogen and oxygen atoms in total. The van der Waals surface area contributed by atoms with Crippen LogP contribution < -0.4 is 0 Å². The monoisotopic (exact) mass is 380 g/mol. The summed E-state index contributed by atoms with van der Waals surface area (Å²) in [5.41, 5.74) is 3.47. The van der Waals surface area contributed by atoms with Crippen molar-refractivity contribution < 1.29 is 14.6 Å². The van der Waals surface area contributed by atoms with Gasteiger partial charge in [0, 0.05) is 19.0 Å². The van der Waals surface area contributed by atoms with Crippen molar-refractivity contribution in [2.24, 2.45) is 7.05 Å². The first-order valence-electron chi connectivity index (χ1n) is 9.97. The van der Waals surface area contributed by atoms with Gasteiger partial charge in [0.15, 0.2) is 0 Å². The molecule has 28 heavy (non-hydrogen) atoms. The molecule has 0 saturated carbocycles. The van der Waals surface area contributed by atoms with Crippen LogP contribution in [-0.2, 0) is 11.8 Å². The van der Waals surface area contributed by atoms with Crippen LogP contribution >= 0.6 is 0 Å². The lowest BCUT2D eigenvalue weighted by Gasteiger charge is -2.17. The Morgan fingerprint density at radius 3 is 2.57 bits per heavy atom. The number of benzene rings is 2. The largest absolute Gasteiger partial charge is 0.508 e. The van der Waals surface area contributed by atoms with Gasteiger partial charge < -0.3 is 14.4 Å². The summed E-state index contributed by atoms with van der Waals surface area (Å²) in [6.45, 7) is 4.68. The van der Waals surface area contributed by atoms with Crippen molar-refractivity contribution in [3.63, 3.8) is 0 Å². The average molecular weight is 380 g/mol. The molecule has 0 aliphatic heterocycles. The Hall–Kier alpha value is -2.82. The van der Waals surface area contributed by atoms with E-state index >= 15 is 0 Å². The molecule has 1 N–H and O–H groups in total. The van der Waals surface area contributed by atoms with Crippen LogP contribution in [0.2, 0.25) is 0 Å². The molecule has 3 aromatic rings. The standard InChI is InChI=1S/C23H28N2O3/c1-4-6-14-28-23(27)17-10-8-16(9-11-17)19(7-5-2)22-24-20-15-18(26)12-13-21(20)25(22)3/h8-13,15,19,26H,4-7,14H2,1-3H3. The molecule has 0 saturated heterocycles. The van der Waals surface area contributed by atoms with Crippen LogP contribution in [0, 0.1) is 0 Å². The smallest absolute Gasteiger partial charge is 0.338 e. The molecule has 0 amide bonds. The summed E-state index contributed by atoms with van der Waals surface area (Å²) >= 11 is 0. The number of unbranched alkanes of at least 4 members (excludes halogenated alkanes) is 1. The van der Waals surface area contributed by atoms with E-state index in [4.69, 9.17) is 9.72 Å². The Bertz CT molecular complexity index is 944. The zero-order valence-electron chi connectivity index (χ0n) is 16.8. The second-order valence-electron chi connectivity index (χ2n) is 7.15. The van der Waals surface area contributed by atoms with Gasteiger partial charge in [-0.25, -0.2) is 9.78 Å². The number of imidazole rings is 1. The fraction of sp³-hybridized carbons (Fsp3) is 0.391. The highest BCUT2D eigenvalue weighted by Gasteiger charge is 2.21. The molecule has 0 spiro atoms. The number of nitrogens with zero attached hydrogens (tertiary/aromatic N) is 2. The Balaban J connectivity index is 1.88. The van der Waals surface area contributed by atoms with Crippen LogP contribution in [0.3, 0.4) is 0 Å². The number of hydrogen-bond donors (Lipinski definition) is 1. The first-order valence-corrected chi connectivity index (χ1v) is 9.97. The second kappa shape index (κ2) is 8.91. The normalized spacial score (nSPS) is 12.2. The van der Waals surface area contributed by atoms with Crippen LogP contribution in [0.25, 0.3) is 11.0 Å². The number of carbonyl (C=O) groups excluding carboxylic acids is 1. The van der Waals surface area contributed by atoms with Crippen molar-refractivity contribution in [2.45, 2.75) is 45.4 Å². The minimum atomic E-state index is -0.273. The Morgan fingerprint density at radius 2 is 1.89 bits per heavy atom. The number of aryl methyl sites for hydroxylation is 1. The molecule has 2 aromatic carbocycles. The third kappa shape index (κ3) is 4.19. The predicted octanol–water partition coefficient (Wildman–Crippen LogP) is 5.17. The number of aromatic hydroxyl groups is 1. The maximum Gasteiger partial charge on any atom is 0.338 e. The topological polar surface area (TPSA) is 64.3 Å². The van der Waals surface area contributed by atoms with E-state index in [-0.39, 0.29) is 17.6 Å². The van der Waals surface area contributed by atoms with Gasteiger partial charge in [0.2, 0.25) is 0 Å². The van der Waals surface area contributed by atoms with Gasteiger partial charge in [-0.3, -0.25) is 0 Å². The summed E-state index contributed by atoms with van der Waals surface area (Å²) in [5, 5.41) is 9.76. The molecule has 1 heterocycles. The van der Waals surface area contributed by atoms with E-state index in [1.54, 1.807) is 12.1 Å². The fourth-order valence-corrected chi connectivity index (χ4v) is 3.50. The summed E-state index contributed by atoms with van der Waals surface area (Å²) in [4.78, 5) is 16.9. The van der Waals surface area contributed by atoms with Gasteiger partial charge in [-0.05, 0) is 42.7 Å². The van der Waals surface area contributed by atoms with E-state index in [1.165, 1.54) is 0 Å². The lowest BCUT2D eigenvalue weighted by atomic mass is 9.93. The zero-order valence-corrected chi connectivity index (χ0v) is 16.8. The minimum absolute atomic E-state index is 0.120. The number of phenols is 1. The Kier molecular flexibility index (Phi) is 6.34. The van der Waals surface area contributed by atoms with Crippen LogP contribution in [0.5, 0.6) is 5.75 Å². The predicted molar refractivity (Wildman–Crippen MR) is 111 cm³/mol. The first kappa shape index (κ1) is 19.9. The number of phenolic OH excluding ortho intramolecular Hbond substituents is 1. The number of fused-ring (bicyclic) bond motifs is 1. The number of aromatic nitrogens is 2. The molecule has 0 aliphatic carbocycles. The lowest BCUT2D eigenvalue weighted by Crippen LogP contribution is -2.10. The van der Waals surface area contributed by atoms with Gasteiger partial charge in [-0.2, -0.15) is 0 Å². The maximum atomic E-state index is 12.1. The molecule has 1 unspecified atom stereocenters. The molecule has 5 heteroatoms. The summed E-state index contributed by atoms with van der Waals surface area (Å²) in [5.74, 6) is 1.02. The maximum absolute atomic E-state index is 12.1. The van der Waals surface area contributed by atoms with Crippen molar-refractivity contribution in [1.29, 1.82) is 0 Å². The third-order valence-corrected chi connectivity index (χ3v) is 5.07. The van der Waals surface area contributed by atoms with E-state index in [1.807, 2.05) is 37.4 Å². The van der Waals surface area contributed by atoms with Gasteiger partial charge in [-0.1, -0.05) is 38.8 Å². The van der Waals surface area contributed by atoms with Crippen LogP contribution in [0.4, 0.5) is 0 Å². The van der Waals surface area contributed by atoms with Crippen molar-refractivity contribution in [1.82, 2.24) is 9.55 Å². The van der Waals surface area contributed by atoms with E-state index in [9.17, 15) is 9.90 Å². The van der Waals surface area contributed by atoms with Crippen LogP contribution in [0.15, 0.2) is 42.5 Å². The van der Waals surface area contributed by atoms with E-state index in [2.05, 4.69) is 18.4 Å². The summed E-state index contributed by atoms with van der Waals surface area (Å²) in [6, 6.07) is 12.9. The SMILES string of the molecule is CCCCOC(=O)c1ccc(C(CCC)c2nc3cc(O)ccc3n2C)cc1. The molecule has 148 valence electrons. The minimum Gasteiger partial charge on any atom is -0.508 e. The van der Waals surface area contributed by atoms with Crippen molar-refractivity contribution in [3.05, 3.63) is 59.4 Å². The number of rotatable bonds is 8. The number of esters is 1. The number of hydrogen-bond acceptors (Lipinski definition) is 4. The van der Waals surface area contributed by atoms with E-state index < -0.39 is 0 Å². The number of ether oxygens (including phenoxy) is 1. The van der Waals surface area contributed by atoms with Crippen molar-refractivity contribution in [3.8, 4) is 5.75 Å². The Labute approximate surface area is 166 Å². The Morgan fingerprint density at radius 1 is 1.14 bits per heavy atom. The van der Waals surface area contributed by atoms with Crippen LogP contribution in [0.1, 0.15) is 67.2 Å². The quantitative estimate of drug-likeness (QED) is 0.433. The van der Waals surface area contributed by atoms with Crippen molar-refractivity contribution in [2.75, 3.05) is 6.61 Å². The van der Waals surface area contributed by atoms with Gasteiger partial charge in [0.05, 0.1) is 23.2 Å². The zero-order chi connectivity index (χ0) is 20.1. The van der Waals surface area contributed by atoms with Gasteiger partial charge in [-0.15, -0.1) is 0 Å². The molecule has 1 aromatic heterocycles. The third-order valence-electron chi connectivity index (χ3n) is 5.07. The van der Waals surface area contributed by atoms with Crippen LogP contribution in [-0.4, -0.2) is 27.2 Å². The van der Waals surface area contributed by atoms with E-state index in [0.29, 0.717) is 12.2 Å².